The van der Waals surface area contributed by atoms with Crippen molar-refractivity contribution in [3.8, 4) is 0 Å². The summed E-state index contributed by atoms with van der Waals surface area (Å²) < 4.78 is 0. The number of hydrogen-bond donors (Lipinski definition) is 12. The number of carbonyl (C=O) groups is 9. The molecule has 2 aliphatic rings. The average molecular weight is 910 g/mol. The van der Waals surface area contributed by atoms with Crippen LogP contribution in [0.2, 0.25) is 0 Å². The van der Waals surface area contributed by atoms with Crippen LogP contribution < -0.4 is 55.3 Å². The van der Waals surface area contributed by atoms with Gasteiger partial charge in [-0.05, 0) is 76.2 Å². The van der Waals surface area contributed by atoms with Gasteiger partial charge in [0, 0.05) is 19.6 Å². The SMILES string of the molecule is CC[C@H](C)[C@H](N)C(=O)N1CCC[C@H]1C(=O)N[C@H](C(=O)N[C@@H](CC(N)=O)C(=O)N[C@@H](CCCCN)C(=O)N1CCC[C@H]1C(=O)N[C@@H](CO)C(=O)N[C@@H](CCCN=C(N)N)C(=O)O)C(C)C. The van der Waals surface area contributed by atoms with E-state index in [1.807, 2.05) is 13.8 Å². The van der Waals surface area contributed by atoms with Crippen molar-refractivity contribution in [3.05, 3.63) is 0 Å². The fourth-order valence-corrected chi connectivity index (χ4v) is 7.47. The first-order chi connectivity index (χ1) is 30.2. The van der Waals surface area contributed by atoms with Crippen LogP contribution in [-0.4, -0.2) is 160 Å². The van der Waals surface area contributed by atoms with Gasteiger partial charge in [0.25, 0.3) is 0 Å². The molecule has 0 bridgehead atoms. The van der Waals surface area contributed by atoms with Gasteiger partial charge in [-0.2, -0.15) is 0 Å². The molecule has 17 N–H and O–H groups in total. The number of aliphatic imine (C=N–C) groups is 1. The first kappa shape index (κ1) is 54.5. The standard InChI is InChI=1S/C40H71N13O11/c1-5-22(4)30(43)38(62)53-18-10-14-28(53)35(59)51-31(21(2)3)36(60)49-25(19-29(42)55)32(56)47-23(11-6-7-15-41)37(61)52-17-9-13-27(52)34(58)50-26(20-54)33(57)48-24(39(63)64)12-8-16-46-40(44)45/h21-28,30-31,54H,5-20,41,43H2,1-4H3,(H2,42,55)(H,47,56)(H,48,57)(H,49,60)(H,50,58)(H,51,59)(H,63,64)(H4,44,45,46)/t22-,23-,24-,25-,26-,27-,28-,30-,31-/m0/s1. The van der Waals surface area contributed by atoms with Crippen molar-refractivity contribution in [1.29, 1.82) is 0 Å². The summed E-state index contributed by atoms with van der Waals surface area (Å²) >= 11 is 0. The van der Waals surface area contributed by atoms with Gasteiger partial charge in [0.15, 0.2) is 5.96 Å². The molecule has 0 unspecified atom stereocenters. The number of rotatable bonds is 27. The minimum atomic E-state index is -1.60. The number of likely N-dealkylation sites (tertiary alicyclic amines) is 2. The van der Waals surface area contributed by atoms with E-state index < -0.39 is 115 Å². The lowest BCUT2D eigenvalue weighted by Gasteiger charge is -2.32. The van der Waals surface area contributed by atoms with Crippen molar-refractivity contribution in [2.75, 3.05) is 32.8 Å². The number of aliphatic hydroxyl groups is 1. The number of unbranched alkanes of at least 4 members (excludes halogenated alkanes) is 1. The number of amides is 8. The Morgan fingerprint density at radius 2 is 1.23 bits per heavy atom. The predicted molar refractivity (Wildman–Crippen MR) is 233 cm³/mol. The molecule has 0 aliphatic carbocycles. The summed E-state index contributed by atoms with van der Waals surface area (Å²) in [7, 11) is 0. The van der Waals surface area contributed by atoms with E-state index in [0.29, 0.717) is 45.1 Å². The third-order valence-corrected chi connectivity index (χ3v) is 11.4. The van der Waals surface area contributed by atoms with E-state index in [2.05, 4.69) is 31.6 Å². The van der Waals surface area contributed by atoms with Crippen molar-refractivity contribution >= 4 is 59.2 Å². The number of carbonyl (C=O) groups excluding carboxylic acids is 8. The second kappa shape index (κ2) is 26.9. The Morgan fingerprint density at radius 1 is 0.703 bits per heavy atom. The van der Waals surface area contributed by atoms with Crippen molar-refractivity contribution < 1.29 is 53.4 Å². The number of nitrogens with one attached hydrogen (secondary N) is 5. The van der Waals surface area contributed by atoms with E-state index in [0.717, 1.165) is 0 Å². The number of nitrogens with two attached hydrogens (primary N) is 5. The smallest absolute Gasteiger partial charge is 0.326 e. The summed E-state index contributed by atoms with van der Waals surface area (Å²) in [5.74, 6) is -8.44. The lowest BCUT2D eigenvalue weighted by Crippen LogP contribution is -2.61. The van der Waals surface area contributed by atoms with E-state index in [1.165, 1.54) is 9.80 Å². The molecule has 0 radical (unpaired) electrons. The largest absolute Gasteiger partial charge is 0.480 e. The first-order valence-corrected chi connectivity index (χ1v) is 21.9. The predicted octanol–water partition coefficient (Wildman–Crippen LogP) is -4.44. The van der Waals surface area contributed by atoms with E-state index in [1.54, 1.807) is 13.8 Å². The van der Waals surface area contributed by atoms with E-state index in [9.17, 15) is 53.4 Å². The van der Waals surface area contributed by atoms with Gasteiger partial charge < -0.3 is 75.3 Å². The fourth-order valence-electron chi connectivity index (χ4n) is 7.47. The second-order valence-electron chi connectivity index (χ2n) is 16.7. The number of nitrogens with zero attached hydrogens (tertiary/aromatic N) is 3. The van der Waals surface area contributed by atoms with Gasteiger partial charge in [0.1, 0.15) is 42.3 Å². The highest BCUT2D eigenvalue weighted by molar-refractivity contribution is 5.99. The molecule has 24 nitrogen and oxygen atoms in total. The van der Waals surface area contributed by atoms with Crippen LogP contribution in [0.15, 0.2) is 4.99 Å². The Labute approximate surface area is 373 Å². The molecule has 9 atom stereocenters. The van der Waals surface area contributed by atoms with Crippen LogP contribution in [0.5, 0.6) is 0 Å². The van der Waals surface area contributed by atoms with Gasteiger partial charge in [-0.15, -0.1) is 0 Å². The number of primary amides is 1. The van der Waals surface area contributed by atoms with Gasteiger partial charge in [-0.1, -0.05) is 34.1 Å². The Morgan fingerprint density at radius 3 is 1.75 bits per heavy atom. The normalized spacial score (nSPS) is 19.2. The molecule has 0 aromatic rings. The molecule has 2 heterocycles. The Kier molecular flexibility index (Phi) is 22.9. The van der Waals surface area contributed by atoms with Gasteiger partial charge in [0.05, 0.1) is 19.1 Å². The highest BCUT2D eigenvalue weighted by Crippen LogP contribution is 2.22. The number of guanidine groups is 1. The van der Waals surface area contributed by atoms with Crippen LogP contribution in [0.25, 0.3) is 0 Å². The maximum Gasteiger partial charge on any atom is 0.326 e. The van der Waals surface area contributed by atoms with Gasteiger partial charge in [-0.25, -0.2) is 4.79 Å². The summed E-state index contributed by atoms with van der Waals surface area (Å²) in [5.41, 5.74) is 27.9. The van der Waals surface area contributed by atoms with Gasteiger partial charge >= 0.3 is 5.97 Å². The molecular weight excluding hydrogens is 839 g/mol. The number of carboxylic acids is 1. The van der Waals surface area contributed by atoms with Crippen LogP contribution in [0.1, 0.15) is 98.3 Å². The lowest BCUT2D eigenvalue weighted by atomic mass is 9.98. The number of aliphatic hydroxyl groups excluding tert-OH is 1. The molecule has 0 saturated carbocycles. The summed E-state index contributed by atoms with van der Waals surface area (Å²) in [6.07, 6.45) is 2.31. The second-order valence-corrected chi connectivity index (χ2v) is 16.7. The molecule has 2 rings (SSSR count). The van der Waals surface area contributed by atoms with Crippen LogP contribution in [0.4, 0.5) is 0 Å². The Balaban J connectivity index is 2.24. The van der Waals surface area contributed by atoms with Crippen LogP contribution in [0.3, 0.4) is 0 Å². The molecule has 0 aromatic carbocycles. The number of aliphatic carboxylic acids is 1. The zero-order valence-corrected chi connectivity index (χ0v) is 37.4. The van der Waals surface area contributed by atoms with Gasteiger partial charge in [-0.3, -0.25) is 43.3 Å². The maximum atomic E-state index is 14.2. The summed E-state index contributed by atoms with van der Waals surface area (Å²) in [4.78, 5) is 126. The monoisotopic (exact) mass is 910 g/mol. The van der Waals surface area contributed by atoms with E-state index in [-0.39, 0.29) is 63.1 Å². The third-order valence-electron chi connectivity index (χ3n) is 11.4. The highest BCUT2D eigenvalue weighted by atomic mass is 16.4. The number of hydrogen-bond acceptors (Lipinski definition) is 13. The van der Waals surface area contributed by atoms with Crippen LogP contribution >= 0.6 is 0 Å². The quantitative estimate of drug-likeness (QED) is 0.0210. The third kappa shape index (κ3) is 16.5. The molecule has 2 saturated heterocycles. The molecular formula is C40H71N13O11. The highest BCUT2D eigenvalue weighted by Gasteiger charge is 2.42. The van der Waals surface area contributed by atoms with Crippen molar-refractivity contribution in [2.45, 2.75) is 147 Å². The molecule has 2 fully saturated rings. The molecule has 0 aromatic heterocycles. The Hall–Kier alpha value is -5.62. The number of carboxylic acid groups (broad SMARTS) is 1. The van der Waals surface area contributed by atoms with Gasteiger partial charge in [0.2, 0.25) is 47.3 Å². The van der Waals surface area contributed by atoms with Crippen LogP contribution in [0, 0.1) is 11.8 Å². The van der Waals surface area contributed by atoms with E-state index in [4.69, 9.17) is 28.7 Å². The summed E-state index contributed by atoms with van der Waals surface area (Å²) in [6, 6.07) is -9.96. The average Bonchev–Trinajstić information content (AvgIpc) is 3.95. The van der Waals surface area contributed by atoms with Crippen molar-refractivity contribution in [1.82, 2.24) is 36.4 Å². The van der Waals surface area contributed by atoms with E-state index >= 15 is 0 Å². The molecule has 8 amide bonds. The van der Waals surface area contributed by atoms with Crippen molar-refractivity contribution in [3.63, 3.8) is 0 Å². The molecule has 0 spiro atoms. The topological polar surface area (TPSA) is 403 Å². The lowest BCUT2D eigenvalue weighted by molar-refractivity contribution is -0.144. The Bertz CT molecular complexity index is 1680. The molecule has 2 aliphatic heterocycles. The van der Waals surface area contributed by atoms with Crippen molar-refractivity contribution in [2.24, 2.45) is 45.5 Å². The minimum absolute atomic E-state index is 0.0350. The molecule has 362 valence electrons. The summed E-state index contributed by atoms with van der Waals surface area (Å²) in [5, 5.41) is 32.1. The zero-order chi connectivity index (χ0) is 48.3. The summed E-state index contributed by atoms with van der Waals surface area (Å²) in [6.45, 7) is 6.88. The maximum absolute atomic E-state index is 14.2. The minimum Gasteiger partial charge on any atom is -0.480 e. The van der Waals surface area contributed by atoms with Crippen LogP contribution in [-0.2, 0) is 43.2 Å². The zero-order valence-electron chi connectivity index (χ0n) is 37.4. The molecule has 24 heteroatoms. The fraction of sp³-hybridized carbons (Fsp3) is 0.750. The first-order valence-electron chi connectivity index (χ1n) is 21.9. The molecule has 64 heavy (non-hydrogen) atoms.